The van der Waals surface area contributed by atoms with E-state index in [0.29, 0.717) is 6.04 Å². The quantitative estimate of drug-likeness (QED) is 0.745. The fourth-order valence-electron chi connectivity index (χ4n) is 2.67. The normalized spacial score (nSPS) is 27.6. The molecule has 2 rings (SSSR count). The minimum atomic E-state index is 0.597. The number of morpholine rings is 1. The molecule has 16 heavy (non-hydrogen) atoms. The van der Waals surface area contributed by atoms with Gasteiger partial charge in [-0.25, -0.2) is 0 Å². The molecule has 1 saturated carbocycles. The molecule has 0 aromatic rings. The van der Waals surface area contributed by atoms with Crippen molar-refractivity contribution in [3.63, 3.8) is 0 Å². The molecule has 1 heterocycles. The Hall–Kier alpha value is -0.120. The first-order valence-electron chi connectivity index (χ1n) is 6.92. The van der Waals surface area contributed by atoms with Crippen LogP contribution in [0.25, 0.3) is 0 Å². The predicted octanol–water partition coefficient (Wildman–Crippen LogP) is 1.63. The van der Waals surface area contributed by atoms with Gasteiger partial charge in [-0.05, 0) is 25.7 Å². The zero-order valence-electron chi connectivity index (χ0n) is 10.7. The summed E-state index contributed by atoms with van der Waals surface area (Å²) in [5, 5.41) is 3.64. The Kier molecular flexibility index (Phi) is 4.62. The molecule has 3 nitrogen and oxygen atoms in total. The summed E-state index contributed by atoms with van der Waals surface area (Å²) in [6.07, 6.45) is 5.27. The molecule has 2 aliphatic rings. The standard InChI is InChI=1S/C13H26N2O/c1-3-12(4-2)15-7-8-16-10-13(15)9-14-11-5-6-11/h11-14H,3-10H2,1-2H3. The SMILES string of the molecule is CCC(CC)N1CCOCC1CNC1CC1. The third-order valence-corrected chi connectivity index (χ3v) is 3.90. The van der Waals surface area contributed by atoms with Gasteiger partial charge >= 0.3 is 0 Å². The Labute approximate surface area is 99.5 Å². The van der Waals surface area contributed by atoms with E-state index in [0.717, 1.165) is 38.4 Å². The summed E-state index contributed by atoms with van der Waals surface area (Å²) in [7, 11) is 0. The number of hydrogen-bond donors (Lipinski definition) is 1. The second kappa shape index (κ2) is 5.99. The molecule has 0 bridgehead atoms. The number of nitrogens with one attached hydrogen (secondary N) is 1. The van der Waals surface area contributed by atoms with E-state index in [1.165, 1.54) is 25.7 Å². The van der Waals surface area contributed by atoms with Gasteiger partial charge in [0, 0.05) is 31.2 Å². The van der Waals surface area contributed by atoms with Crippen molar-refractivity contribution in [2.24, 2.45) is 0 Å². The first kappa shape index (κ1) is 12.3. The average molecular weight is 226 g/mol. The summed E-state index contributed by atoms with van der Waals surface area (Å²) >= 11 is 0. The number of hydrogen-bond acceptors (Lipinski definition) is 3. The van der Waals surface area contributed by atoms with Gasteiger partial charge in [-0.15, -0.1) is 0 Å². The van der Waals surface area contributed by atoms with Gasteiger partial charge in [0.05, 0.1) is 13.2 Å². The monoisotopic (exact) mass is 226 g/mol. The lowest BCUT2D eigenvalue weighted by molar-refractivity contribution is -0.0297. The molecule has 1 unspecified atom stereocenters. The fourth-order valence-corrected chi connectivity index (χ4v) is 2.67. The van der Waals surface area contributed by atoms with E-state index in [1.54, 1.807) is 0 Å². The Balaban J connectivity index is 1.84. The van der Waals surface area contributed by atoms with E-state index in [9.17, 15) is 0 Å². The molecule has 0 amide bonds. The second-order valence-corrected chi connectivity index (χ2v) is 5.12. The molecule has 0 spiro atoms. The maximum atomic E-state index is 5.62. The van der Waals surface area contributed by atoms with Crippen molar-refractivity contribution in [1.82, 2.24) is 10.2 Å². The van der Waals surface area contributed by atoms with Crippen LogP contribution in [0.4, 0.5) is 0 Å². The molecular weight excluding hydrogens is 200 g/mol. The van der Waals surface area contributed by atoms with Crippen LogP contribution in [0.3, 0.4) is 0 Å². The Bertz CT molecular complexity index is 202. The first-order valence-corrected chi connectivity index (χ1v) is 6.92. The molecule has 1 N–H and O–H groups in total. The van der Waals surface area contributed by atoms with Crippen LogP contribution in [0.1, 0.15) is 39.5 Å². The molecular formula is C13H26N2O. The van der Waals surface area contributed by atoms with Crippen molar-refractivity contribution < 1.29 is 4.74 Å². The van der Waals surface area contributed by atoms with Gasteiger partial charge in [0.2, 0.25) is 0 Å². The summed E-state index contributed by atoms with van der Waals surface area (Å²) in [4.78, 5) is 2.67. The van der Waals surface area contributed by atoms with E-state index in [4.69, 9.17) is 4.74 Å². The van der Waals surface area contributed by atoms with Crippen LogP contribution in [0, 0.1) is 0 Å². The zero-order chi connectivity index (χ0) is 11.4. The van der Waals surface area contributed by atoms with E-state index < -0.39 is 0 Å². The highest BCUT2D eigenvalue weighted by molar-refractivity contribution is 4.87. The van der Waals surface area contributed by atoms with Crippen molar-refractivity contribution >= 4 is 0 Å². The van der Waals surface area contributed by atoms with Gasteiger partial charge in [0.25, 0.3) is 0 Å². The highest BCUT2D eigenvalue weighted by Gasteiger charge is 2.29. The predicted molar refractivity (Wildman–Crippen MR) is 66.7 cm³/mol. The van der Waals surface area contributed by atoms with E-state index in [2.05, 4.69) is 24.1 Å². The second-order valence-electron chi connectivity index (χ2n) is 5.12. The third-order valence-electron chi connectivity index (χ3n) is 3.90. The van der Waals surface area contributed by atoms with Gasteiger partial charge in [0.1, 0.15) is 0 Å². The highest BCUT2D eigenvalue weighted by atomic mass is 16.5. The number of rotatable bonds is 6. The van der Waals surface area contributed by atoms with Crippen LogP contribution in [0.2, 0.25) is 0 Å². The van der Waals surface area contributed by atoms with Crippen LogP contribution >= 0.6 is 0 Å². The van der Waals surface area contributed by atoms with Gasteiger partial charge < -0.3 is 10.1 Å². The highest BCUT2D eigenvalue weighted by Crippen LogP contribution is 2.20. The molecule has 0 aromatic heterocycles. The van der Waals surface area contributed by atoms with Crippen molar-refractivity contribution in [3.8, 4) is 0 Å². The van der Waals surface area contributed by atoms with Crippen LogP contribution in [-0.2, 0) is 4.74 Å². The molecule has 1 aliphatic carbocycles. The van der Waals surface area contributed by atoms with Crippen LogP contribution < -0.4 is 5.32 Å². The lowest BCUT2D eigenvalue weighted by atomic mass is 10.1. The molecule has 0 radical (unpaired) electrons. The molecule has 94 valence electrons. The number of nitrogens with zero attached hydrogens (tertiary/aromatic N) is 1. The van der Waals surface area contributed by atoms with E-state index >= 15 is 0 Å². The van der Waals surface area contributed by atoms with E-state index in [1.807, 2.05) is 0 Å². The summed E-state index contributed by atoms with van der Waals surface area (Å²) in [6.45, 7) is 8.65. The molecule has 1 atom stereocenters. The minimum absolute atomic E-state index is 0.597. The Morgan fingerprint density at radius 2 is 2.06 bits per heavy atom. The van der Waals surface area contributed by atoms with Crippen LogP contribution in [0.5, 0.6) is 0 Å². The van der Waals surface area contributed by atoms with Crippen molar-refractivity contribution in [2.45, 2.75) is 57.7 Å². The Morgan fingerprint density at radius 1 is 1.31 bits per heavy atom. The number of ether oxygens (including phenoxy) is 1. The van der Waals surface area contributed by atoms with E-state index in [-0.39, 0.29) is 0 Å². The largest absolute Gasteiger partial charge is 0.378 e. The lowest BCUT2D eigenvalue weighted by Crippen LogP contribution is -2.54. The molecule has 3 heteroatoms. The van der Waals surface area contributed by atoms with Gasteiger partial charge in [-0.2, -0.15) is 0 Å². The maximum absolute atomic E-state index is 5.62. The minimum Gasteiger partial charge on any atom is -0.378 e. The van der Waals surface area contributed by atoms with Gasteiger partial charge in [-0.1, -0.05) is 13.8 Å². The van der Waals surface area contributed by atoms with Crippen molar-refractivity contribution in [3.05, 3.63) is 0 Å². The first-order chi connectivity index (χ1) is 7.85. The van der Waals surface area contributed by atoms with Gasteiger partial charge in [-0.3, -0.25) is 4.90 Å². The summed E-state index contributed by atoms with van der Waals surface area (Å²) in [6, 6.07) is 2.15. The average Bonchev–Trinajstić information content (AvgIpc) is 3.13. The zero-order valence-corrected chi connectivity index (χ0v) is 10.7. The van der Waals surface area contributed by atoms with Crippen molar-refractivity contribution in [1.29, 1.82) is 0 Å². The van der Waals surface area contributed by atoms with Crippen LogP contribution in [-0.4, -0.2) is 49.3 Å². The molecule has 1 saturated heterocycles. The topological polar surface area (TPSA) is 24.5 Å². The fraction of sp³-hybridized carbons (Fsp3) is 1.00. The summed E-state index contributed by atoms with van der Waals surface area (Å²) < 4.78 is 5.62. The van der Waals surface area contributed by atoms with Crippen molar-refractivity contribution in [2.75, 3.05) is 26.3 Å². The summed E-state index contributed by atoms with van der Waals surface area (Å²) in [5.41, 5.74) is 0. The molecule has 0 aromatic carbocycles. The maximum Gasteiger partial charge on any atom is 0.0635 e. The van der Waals surface area contributed by atoms with Crippen LogP contribution in [0.15, 0.2) is 0 Å². The van der Waals surface area contributed by atoms with Gasteiger partial charge in [0.15, 0.2) is 0 Å². The molecule has 2 fully saturated rings. The summed E-state index contributed by atoms with van der Waals surface area (Å²) in [5.74, 6) is 0. The Morgan fingerprint density at radius 3 is 2.69 bits per heavy atom. The molecule has 1 aliphatic heterocycles. The lowest BCUT2D eigenvalue weighted by Gasteiger charge is -2.40. The smallest absolute Gasteiger partial charge is 0.0635 e. The third kappa shape index (κ3) is 3.19.